The lowest BCUT2D eigenvalue weighted by Crippen LogP contribution is -2.33. The smallest absolute Gasteiger partial charge is 0.258 e. The van der Waals surface area contributed by atoms with E-state index in [1.807, 2.05) is 31.2 Å². The lowest BCUT2D eigenvalue weighted by Gasteiger charge is -2.27. The van der Waals surface area contributed by atoms with Gasteiger partial charge in [0.1, 0.15) is 17.4 Å². The highest BCUT2D eigenvalue weighted by molar-refractivity contribution is 5.55. The molecular formula is C22H25N3O3. The van der Waals surface area contributed by atoms with Crippen molar-refractivity contribution in [1.82, 2.24) is 4.57 Å². The van der Waals surface area contributed by atoms with E-state index >= 15 is 0 Å². The zero-order chi connectivity index (χ0) is 20.4. The minimum absolute atomic E-state index is 0.0429. The van der Waals surface area contributed by atoms with Crippen LogP contribution < -0.4 is 16.0 Å². The molecule has 0 unspecified atom stereocenters. The van der Waals surface area contributed by atoms with E-state index in [1.165, 1.54) is 5.56 Å². The quantitative estimate of drug-likeness (QED) is 0.862. The Morgan fingerprint density at radius 1 is 1.32 bits per heavy atom. The first-order chi connectivity index (χ1) is 13.4. The van der Waals surface area contributed by atoms with Crippen molar-refractivity contribution in [3.05, 3.63) is 74.5 Å². The number of fused-ring (bicyclic) bond motifs is 1. The van der Waals surface area contributed by atoms with Crippen molar-refractivity contribution in [2.75, 3.05) is 13.7 Å². The number of allylic oxidation sites excluding steroid dienone is 1. The van der Waals surface area contributed by atoms with E-state index in [0.717, 1.165) is 11.3 Å². The fraction of sp³-hybridized carbons (Fsp3) is 0.364. The molecule has 146 valence electrons. The van der Waals surface area contributed by atoms with E-state index < -0.39 is 5.92 Å². The molecule has 3 rings (SSSR count). The molecule has 28 heavy (non-hydrogen) atoms. The number of aryl methyl sites for hydroxylation is 1. The predicted molar refractivity (Wildman–Crippen MR) is 107 cm³/mol. The van der Waals surface area contributed by atoms with Crippen LogP contribution in [-0.4, -0.2) is 18.3 Å². The Morgan fingerprint density at radius 2 is 2.00 bits per heavy atom. The standard InChI is InChI=1S/C22H25N3O3/c1-13(2)15-5-7-16(8-6-15)19-17(12-23)21(24)28-18-11-14(3)25(9-10-27-4)22(26)20(18)19/h5-8,11,13,19H,9-10,24H2,1-4H3/t19-/m0/s1. The second-order valence-electron chi connectivity index (χ2n) is 7.26. The Morgan fingerprint density at radius 3 is 2.57 bits per heavy atom. The van der Waals surface area contributed by atoms with Gasteiger partial charge in [-0.3, -0.25) is 4.79 Å². The van der Waals surface area contributed by atoms with Crippen LogP contribution >= 0.6 is 0 Å². The van der Waals surface area contributed by atoms with Crippen LogP contribution in [0, 0.1) is 18.3 Å². The van der Waals surface area contributed by atoms with Crippen molar-refractivity contribution in [2.24, 2.45) is 5.73 Å². The Hall–Kier alpha value is -3.04. The largest absolute Gasteiger partial charge is 0.440 e. The maximum atomic E-state index is 13.3. The van der Waals surface area contributed by atoms with Crippen molar-refractivity contribution in [3.8, 4) is 11.8 Å². The van der Waals surface area contributed by atoms with Gasteiger partial charge in [0.2, 0.25) is 5.88 Å². The van der Waals surface area contributed by atoms with Gasteiger partial charge in [0.05, 0.1) is 18.1 Å². The molecule has 1 atom stereocenters. The van der Waals surface area contributed by atoms with Crippen LogP contribution in [0.1, 0.15) is 48.1 Å². The molecule has 0 saturated carbocycles. The summed E-state index contributed by atoms with van der Waals surface area (Å²) >= 11 is 0. The Bertz CT molecular complexity index is 1010. The molecule has 0 aliphatic carbocycles. The predicted octanol–water partition coefficient (Wildman–Crippen LogP) is 3.14. The number of rotatable bonds is 5. The summed E-state index contributed by atoms with van der Waals surface area (Å²) < 4.78 is 12.4. The van der Waals surface area contributed by atoms with Crippen molar-refractivity contribution in [1.29, 1.82) is 5.26 Å². The molecule has 0 saturated heterocycles. The van der Waals surface area contributed by atoms with E-state index in [-0.39, 0.29) is 17.0 Å². The minimum atomic E-state index is -0.558. The first-order valence-electron chi connectivity index (χ1n) is 9.29. The van der Waals surface area contributed by atoms with Crippen molar-refractivity contribution in [3.63, 3.8) is 0 Å². The number of nitriles is 1. The van der Waals surface area contributed by atoms with Crippen molar-refractivity contribution < 1.29 is 9.47 Å². The number of hydrogen-bond donors (Lipinski definition) is 1. The zero-order valence-corrected chi connectivity index (χ0v) is 16.7. The van der Waals surface area contributed by atoms with Crippen molar-refractivity contribution in [2.45, 2.75) is 39.2 Å². The number of methoxy groups -OCH3 is 1. The normalized spacial score (nSPS) is 15.9. The topological polar surface area (TPSA) is 90.3 Å². The maximum absolute atomic E-state index is 13.3. The molecule has 0 spiro atoms. The molecular weight excluding hydrogens is 354 g/mol. The van der Waals surface area contributed by atoms with E-state index in [1.54, 1.807) is 17.7 Å². The van der Waals surface area contributed by atoms with E-state index in [2.05, 4.69) is 19.9 Å². The lowest BCUT2D eigenvalue weighted by molar-refractivity contribution is 0.185. The summed E-state index contributed by atoms with van der Waals surface area (Å²) in [7, 11) is 1.60. The Kier molecular flexibility index (Phi) is 5.57. The van der Waals surface area contributed by atoms with Gasteiger partial charge >= 0.3 is 0 Å². The molecule has 1 aliphatic heterocycles. The SMILES string of the molecule is COCCn1c(C)cc2c(c1=O)[C@@H](c1ccc(C(C)C)cc1)C(C#N)=C(N)O2. The number of aromatic nitrogens is 1. The van der Waals surface area contributed by atoms with E-state index in [9.17, 15) is 10.1 Å². The monoisotopic (exact) mass is 379 g/mol. The van der Waals surface area contributed by atoms with Gasteiger partial charge in [-0.2, -0.15) is 5.26 Å². The van der Waals surface area contributed by atoms with Crippen molar-refractivity contribution >= 4 is 0 Å². The van der Waals surface area contributed by atoms with Crippen LogP contribution in [0.4, 0.5) is 0 Å². The van der Waals surface area contributed by atoms with Gasteiger partial charge in [0.25, 0.3) is 5.56 Å². The second kappa shape index (κ2) is 7.91. The molecule has 6 nitrogen and oxygen atoms in total. The Labute approximate surface area is 164 Å². The molecule has 6 heteroatoms. The molecule has 0 fully saturated rings. The maximum Gasteiger partial charge on any atom is 0.258 e. The van der Waals surface area contributed by atoms with E-state index in [4.69, 9.17) is 15.2 Å². The molecule has 2 heterocycles. The number of pyridine rings is 1. The van der Waals surface area contributed by atoms with Gasteiger partial charge in [-0.05, 0) is 24.0 Å². The fourth-order valence-corrected chi connectivity index (χ4v) is 3.55. The molecule has 2 aromatic rings. The molecule has 0 radical (unpaired) electrons. The number of nitrogens with two attached hydrogens (primary N) is 1. The van der Waals surface area contributed by atoms with Crippen LogP contribution in [0.25, 0.3) is 0 Å². The van der Waals surface area contributed by atoms with Gasteiger partial charge < -0.3 is 19.8 Å². The van der Waals surface area contributed by atoms with Crippen LogP contribution in [0.15, 0.2) is 46.6 Å². The van der Waals surface area contributed by atoms with Gasteiger partial charge in [-0.25, -0.2) is 0 Å². The van der Waals surface area contributed by atoms with Gasteiger partial charge in [0, 0.05) is 25.4 Å². The molecule has 1 aromatic heterocycles. The first-order valence-corrected chi connectivity index (χ1v) is 9.29. The summed E-state index contributed by atoms with van der Waals surface area (Å²) in [5, 5.41) is 9.72. The highest BCUT2D eigenvalue weighted by Crippen LogP contribution is 2.40. The lowest BCUT2D eigenvalue weighted by atomic mass is 9.83. The third kappa shape index (κ3) is 3.41. The van der Waals surface area contributed by atoms with Crippen LogP contribution in [0.2, 0.25) is 0 Å². The molecule has 0 bridgehead atoms. The van der Waals surface area contributed by atoms with Crippen LogP contribution in [0.3, 0.4) is 0 Å². The van der Waals surface area contributed by atoms with Crippen LogP contribution in [-0.2, 0) is 11.3 Å². The number of hydrogen-bond acceptors (Lipinski definition) is 5. The summed E-state index contributed by atoms with van der Waals surface area (Å²) in [5.74, 6) is 0.282. The van der Waals surface area contributed by atoms with E-state index in [0.29, 0.717) is 30.4 Å². The van der Waals surface area contributed by atoms with Crippen LogP contribution in [0.5, 0.6) is 5.75 Å². The number of benzene rings is 1. The summed E-state index contributed by atoms with van der Waals surface area (Å²) in [6, 6.07) is 11.9. The zero-order valence-electron chi connectivity index (χ0n) is 16.7. The summed E-state index contributed by atoms with van der Waals surface area (Å²) in [4.78, 5) is 13.3. The fourth-order valence-electron chi connectivity index (χ4n) is 3.55. The average molecular weight is 379 g/mol. The van der Waals surface area contributed by atoms with Gasteiger partial charge in [-0.15, -0.1) is 0 Å². The number of nitrogens with zero attached hydrogens (tertiary/aromatic N) is 2. The first kappa shape index (κ1) is 19.7. The summed E-state index contributed by atoms with van der Waals surface area (Å²) in [6.45, 7) is 6.92. The van der Waals surface area contributed by atoms with Gasteiger partial charge in [-0.1, -0.05) is 38.1 Å². The highest BCUT2D eigenvalue weighted by atomic mass is 16.5. The third-order valence-corrected chi connectivity index (χ3v) is 5.15. The molecule has 0 amide bonds. The average Bonchev–Trinajstić information content (AvgIpc) is 2.67. The Balaban J connectivity index is 2.21. The molecule has 1 aliphatic rings. The summed E-state index contributed by atoms with van der Waals surface area (Å²) in [6.07, 6.45) is 0. The highest BCUT2D eigenvalue weighted by Gasteiger charge is 2.34. The van der Waals surface area contributed by atoms with Gasteiger partial charge in [0.15, 0.2) is 0 Å². The molecule has 1 aromatic carbocycles. The second-order valence-corrected chi connectivity index (χ2v) is 7.26. The molecule has 2 N–H and O–H groups in total. The third-order valence-electron chi connectivity index (χ3n) is 5.15. The minimum Gasteiger partial charge on any atom is -0.440 e. The summed E-state index contributed by atoms with van der Waals surface area (Å²) in [5.41, 5.74) is 9.31. The number of ether oxygens (including phenoxy) is 2.